The Balaban J connectivity index is 1.82. The summed E-state index contributed by atoms with van der Waals surface area (Å²) in [6, 6.07) is 3.28. The first-order chi connectivity index (χ1) is 10.1. The highest BCUT2D eigenvalue weighted by molar-refractivity contribution is 5.92. The summed E-state index contributed by atoms with van der Waals surface area (Å²) in [6.07, 6.45) is 2.41. The van der Waals surface area contributed by atoms with Crippen molar-refractivity contribution in [3.05, 3.63) is 24.0 Å². The molecule has 1 aromatic heterocycles. The topological polar surface area (TPSA) is 94.6 Å². The van der Waals surface area contributed by atoms with Crippen molar-refractivity contribution in [2.45, 2.75) is 12.8 Å². The standard InChI is InChI=1S/C14H20N4O3/c19-13(10-18-6-1-4-15-5-7-18)17-12-3-2-11(16-9-12)8-14(20)21/h2-3,9,15H,1,4-8,10H2,(H,17,19)(H,20,21). The van der Waals surface area contributed by atoms with Crippen LogP contribution in [0.2, 0.25) is 0 Å². The quantitative estimate of drug-likeness (QED) is 0.704. The summed E-state index contributed by atoms with van der Waals surface area (Å²) < 4.78 is 0. The molecule has 1 aliphatic rings. The number of anilines is 1. The molecule has 2 heterocycles. The molecule has 114 valence electrons. The van der Waals surface area contributed by atoms with Crippen molar-refractivity contribution >= 4 is 17.6 Å². The lowest BCUT2D eigenvalue weighted by Gasteiger charge is -2.18. The Morgan fingerprint density at radius 3 is 2.90 bits per heavy atom. The van der Waals surface area contributed by atoms with Crippen molar-refractivity contribution in [1.29, 1.82) is 0 Å². The zero-order valence-corrected chi connectivity index (χ0v) is 11.8. The third kappa shape index (κ3) is 5.49. The van der Waals surface area contributed by atoms with Crippen LogP contribution in [0, 0.1) is 0 Å². The van der Waals surface area contributed by atoms with Gasteiger partial charge in [-0.1, -0.05) is 0 Å². The molecule has 0 bridgehead atoms. The Labute approximate surface area is 123 Å². The fraction of sp³-hybridized carbons (Fsp3) is 0.500. The smallest absolute Gasteiger partial charge is 0.309 e. The van der Waals surface area contributed by atoms with Crippen LogP contribution in [0.25, 0.3) is 0 Å². The number of aromatic nitrogens is 1. The number of hydrogen-bond acceptors (Lipinski definition) is 5. The molecule has 0 radical (unpaired) electrons. The first-order valence-electron chi connectivity index (χ1n) is 7.03. The molecule has 7 nitrogen and oxygen atoms in total. The molecule has 7 heteroatoms. The van der Waals surface area contributed by atoms with Crippen molar-refractivity contribution in [3.8, 4) is 0 Å². The van der Waals surface area contributed by atoms with E-state index in [1.807, 2.05) is 0 Å². The predicted molar refractivity (Wildman–Crippen MR) is 78.1 cm³/mol. The second kappa shape index (κ2) is 7.70. The van der Waals surface area contributed by atoms with Gasteiger partial charge in [-0.2, -0.15) is 0 Å². The minimum atomic E-state index is -0.922. The molecule has 0 aliphatic carbocycles. The molecule has 1 amide bonds. The largest absolute Gasteiger partial charge is 0.481 e. The van der Waals surface area contributed by atoms with E-state index >= 15 is 0 Å². The lowest BCUT2D eigenvalue weighted by atomic mass is 10.2. The number of pyridine rings is 1. The van der Waals surface area contributed by atoms with Gasteiger partial charge in [0.1, 0.15) is 0 Å². The van der Waals surface area contributed by atoms with E-state index in [9.17, 15) is 9.59 Å². The molecule has 1 fully saturated rings. The highest BCUT2D eigenvalue weighted by Gasteiger charge is 2.13. The van der Waals surface area contributed by atoms with Crippen LogP contribution in [0.5, 0.6) is 0 Å². The fourth-order valence-corrected chi connectivity index (χ4v) is 2.22. The highest BCUT2D eigenvalue weighted by atomic mass is 16.4. The molecule has 1 aromatic rings. The van der Waals surface area contributed by atoms with Gasteiger partial charge in [-0.25, -0.2) is 0 Å². The number of nitrogens with zero attached hydrogens (tertiary/aromatic N) is 2. The van der Waals surface area contributed by atoms with E-state index in [0.29, 0.717) is 17.9 Å². The number of amides is 1. The van der Waals surface area contributed by atoms with E-state index in [0.717, 1.165) is 32.6 Å². The lowest BCUT2D eigenvalue weighted by molar-refractivity contribution is -0.136. The van der Waals surface area contributed by atoms with E-state index in [4.69, 9.17) is 5.11 Å². The summed E-state index contributed by atoms with van der Waals surface area (Å²) in [4.78, 5) is 28.6. The zero-order chi connectivity index (χ0) is 15.1. The van der Waals surface area contributed by atoms with Crippen LogP contribution >= 0.6 is 0 Å². The van der Waals surface area contributed by atoms with Crippen LogP contribution in [-0.2, 0) is 16.0 Å². The zero-order valence-electron chi connectivity index (χ0n) is 11.8. The Morgan fingerprint density at radius 2 is 2.19 bits per heavy atom. The number of hydrogen-bond donors (Lipinski definition) is 3. The summed E-state index contributed by atoms with van der Waals surface area (Å²) in [7, 11) is 0. The highest BCUT2D eigenvalue weighted by Crippen LogP contribution is 2.07. The molecule has 0 spiro atoms. The van der Waals surface area contributed by atoms with Crippen LogP contribution in [0.15, 0.2) is 18.3 Å². The van der Waals surface area contributed by atoms with Crippen molar-refractivity contribution in [1.82, 2.24) is 15.2 Å². The van der Waals surface area contributed by atoms with Gasteiger partial charge in [0.05, 0.1) is 30.5 Å². The van der Waals surface area contributed by atoms with Crippen LogP contribution in [0.4, 0.5) is 5.69 Å². The Hall–Kier alpha value is -1.99. The first kappa shape index (κ1) is 15.4. The fourth-order valence-electron chi connectivity index (χ4n) is 2.22. The van der Waals surface area contributed by atoms with Gasteiger partial charge >= 0.3 is 5.97 Å². The minimum absolute atomic E-state index is 0.0790. The van der Waals surface area contributed by atoms with Crippen LogP contribution in [0.3, 0.4) is 0 Å². The van der Waals surface area contributed by atoms with Gasteiger partial charge in [-0.3, -0.25) is 19.5 Å². The molecule has 0 aromatic carbocycles. The molecular formula is C14H20N4O3. The van der Waals surface area contributed by atoms with Gasteiger partial charge in [0.2, 0.25) is 5.91 Å². The van der Waals surface area contributed by atoms with Crippen molar-refractivity contribution in [3.63, 3.8) is 0 Å². The number of carbonyl (C=O) groups excluding carboxylic acids is 1. The Bertz CT molecular complexity index is 481. The molecular weight excluding hydrogens is 272 g/mol. The maximum absolute atomic E-state index is 12.0. The summed E-state index contributed by atoms with van der Waals surface area (Å²) in [5.74, 6) is -1.00. The minimum Gasteiger partial charge on any atom is -0.481 e. The molecule has 1 saturated heterocycles. The summed E-state index contributed by atoms with van der Waals surface area (Å²) >= 11 is 0. The molecule has 21 heavy (non-hydrogen) atoms. The summed E-state index contributed by atoms with van der Waals surface area (Å²) in [5.41, 5.74) is 1.06. The van der Waals surface area contributed by atoms with Gasteiger partial charge in [0.25, 0.3) is 0 Å². The van der Waals surface area contributed by atoms with Crippen molar-refractivity contribution in [2.75, 3.05) is 38.0 Å². The maximum atomic E-state index is 12.0. The summed E-state index contributed by atoms with van der Waals surface area (Å²) in [5, 5.41) is 14.7. The van der Waals surface area contributed by atoms with Crippen LogP contribution in [0.1, 0.15) is 12.1 Å². The number of nitrogens with one attached hydrogen (secondary N) is 2. The SMILES string of the molecule is O=C(O)Cc1ccc(NC(=O)CN2CCCNCC2)cn1. The maximum Gasteiger partial charge on any atom is 0.309 e. The number of carboxylic acids is 1. The first-order valence-corrected chi connectivity index (χ1v) is 7.03. The number of carboxylic acid groups (broad SMARTS) is 1. The predicted octanol–water partition coefficient (Wildman–Crippen LogP) is -0.0575. The van der Waals surface area contributed by atoms with E-state index in [1.165, 1.54) is 6.20 Å². The second-order valence-corrected chi connectivity index (χ2v) is 5.04. The lowest BCUT2D eigenvalue weighted by Crippen LogP contribution is -2.35. The number of rotatable bonds is 5. The Morgan fingerprint density at radius 1 is 1.33 bits per heavy atom. The number of carbonyl (C=O) groups is 2. The van der Waals surface area contributed by atoms with Crippen LogP contribution < -0.4 is 10.6 Å². The molecule has 3 N–H and O–H groups in total. The van der Waals surface area contributed by atoms with Crippen LogP contribution in [-0.4, -0.2) is 59.6 Å². The Kier molecular flexibility index (Phi) is 5.65. The van der Waals surface area contributed by atoms with Gasteiger partial charge in [-0.15, -0.1) is 0 Å². The van der Waals surface area contributed by atoms with E-state index in [2.05, 4.69) is 20.5 Å². The van der Waals surface area contributed by atoms with E-state index < -0.39 is 5.97 Å². The van der Waals surface area contributed by atoms with Crippen molar-refractivity contribution in [2.24, 2.45) is 0 Å². The molecule has 1 aliphatic heterocycles. The third-order valence-electron chi connectivity index (χ3n) is 3.24. The average molecular weight is 292 g/mol. The van der Waals surface area contributed by atoms with Gasteiger partial charge in [0.15, 0.2) is 0 Å². The average Bonchev–Trinajstić information content (AvgIpc) is 2.69. The summed E-state index contributed by atoms with van der Waals surface area (Å²) in [6.45, 7) is 4.03. The molecule has 0 unspecified atom stereocenters. The van der Waals surface area contributed by atoms with Gasteiger partial charge < -0.3 is 15.7 Å². The molecule has 0 atom stereocenters. The normalized spacial score (nSPS) is 16.2. The number of aliphatic carboxylic acids is 1. The van der Waals surface area contributed by atoms with Crippen molar-refractivity contribution < 1.29 is 14.7 Å². The van der Waals surface area contributed by atoms with Gasteiger partial charge in [-0.05, 0) is 31.6 Å². The van der Waals surface area contributed by atoms with Gasteiger partial charge in [0, 0.05) is 13.1 Å². The van der Waals surface area contributed by atoms with E-state index in [1.54, 1.807) is 12.1 Å². The molecule has 2 rings (SSSR count). The monoisotopic (exact) mass is 292 g/mol. The molecule has 0 saturated carbocycles. The third-order valence-corrected chi connectivity index (χ3v) is 3.24. The second-order valence-electron chi connectivity index (χ2n) is 5.04. The van der Waals surface area contributed by atoms with E-state index in [-0.39, 0.29) is 12.3 Å².